The fraction of sp³-hybridized carbons (Fsp3) is 0.833. The Bertz CT molecular complexity index is 281. The van der Waals surface area contributed by atoms with E-state index in [1.165, 1.54) is 0 Å². The van der Waals surface area contributed by atoms with E-state index in [0.29, 0.717) is 38.4 Å². The number of carboxylic acid groups (broad SMARTS) is 1. The number of amides is 1. The molecule has 1 aliphatic heterocycles. The summed E-state index contributed by atoms with van der Waals surface area (Å²) >= 11 is 0. The summed E-state index contributed by atoms with van der Waals surface area (Å²) < 4.78 is 0. The van der Waals surface area contributed by atoms with Gasteiger partial charge in [-0.15, -0.1) is 0 Å². The van der Waals surface area contributed by atoms with Crippen molar-refractivity contribution in [3.05, 3.63) is 0 Å². The smallest absolute Gasteiger partial charge is 0.308 e. The van der Waals surface area contributed by atoms with Crippen molar-refractivity contribution >= 4 is 11.9 Å². The van der Waals surface area contributed by atoms with Crippen LogP contribution in [0.2, 0.25) is 0 Å². The number of hydrogen-bond donors (Lipinski definition) is 2. The van der Waals surface area contributed by atoms with Crippen molar-refractivity contribution in [2.75, 3.05) is 19.6 Å². The number of carboxylic acids is 1. The second-order valence-corrected chi connectivity index (χ2v) is 4.90. The van der Waals surface area contributed by atoms with Gasteiger partial charge >= 0.3 is 5.97 Å². The van der Waals surface area contributed by atoms with Crippen LogP contribution in [0.3, 0.4) is 0 Å². The third-order valence-electron chi connectivity index (χ3n) is 3.38. The lowest BCUT2D eigenvalue weighted by Crippen LogP contribution is -2.42. The molecule has 5 heteroatoms. The molecule has 17 heavy (non-hydrogen) atoms. The van der Waals surface area contributed by atoms with Gasteiger partial charge in [-0.3, -0.25) is 9.59 Å². The van der Waals surface area contributed by atoms with Gasteiger partial charge in [0, 0.05) is 19.5 Å². The van der Waals surface area contributed by atoms with Gasteiger partial charge in [0.1, 0.15) is 0 Å². The van der Waals surface area contributed by atoms with E-state index in [1.54, 1.807) is 4.90 Å². The van der Waals surface area contributed by atoms with Crippen molar-refractivity contribution < 1.29 is 14.7 Å². The van der Waals surface area contributed by atoms with E-state index >= 15 is 0 Å². The van der Waals surface area contributed by atoms with Gasteiger partial charge in [-0.05, 0) is 31.7 Å². The molecular weight excluding hydrogens is 220 g/mol. The lowest BCUT2D eigenvalue weighted by Gasteiger charge is -2.31. The number of carbonyl (C=O) groups excluding carboxylic acids is 1. The van der Waals surface area contributed by atoms with Crippen molar-refractivity contribution in [2.24, 2.45) is 17.6 Å². The summed E-state index contributed by atoms with van der Waals surface area (Å²) in [5.74, 6) is -0.771. The van der Waals surface area contributed by atoms with Crippen LogP contribution in [0.15, 0.2) is 0 Å². The zero-order valence-corrected chi connectivity index (χ0v) is 10.4. The Balaban J connectivity index is 2.38. The lowest BCUT2D eigenvalue weighted by molar-refractivity contribution is -0.145. The third-order valence-corrected chi connectivity index (χ3v) is 3.38. The summed E-state index contributed by atoms with van der Waals surface area (Å²) in [5.41, 5.74) is 5.50. The summed E-state index contributed by atoms with van der Waals surface area (Å²) in [4.78, 5) is 24.4. The Hall–Kier alpha value is -1.10. The molecule has 0 aromatic rings. The fourth-order valence-electron chi connectivity index (χ4n) is 2.05. The predicted octanol–water partition coefficient (Wildman–Crippen LogP) is 0.685. The molecule has 0 aromatic carbocycles. The first-order valence-electron chi connectivity index (χ1n) is 6.25. The van der Waals surface area contributed by atoms with Crippen LogP contribution in [0.1, 0.15) is 32.6 Å². The van der Waals surface area contributed by atoms with Crippen LogP contribution < -0.4 is 5.73 Å². The first-order chi connectivity index (χ1) is 8.04. The molecule has 1 rings (SSSR count). The van der Waals surface area contributed by atoms with E-state index < -0.39 is 5.97 Å². The van der Waals surface area contributed by atoms with Crippen molar-refractivity contribution in [1.29, 1.82) is 0 Å². The monoisotopic (exact) mass is 242 g/mol. The van der Waals surface area contributed by atoms with E-state index in [1.807, 2.05) is 6.92 Å². The van der Waals surface area contributed by atoms with Crippen LogP contribution in [0, 0.1) is 11.8 Å². The first kappa shape index (κ1) is 14.0. The Morgan fingerprint density at radius 1 is 1.53 bits per heavy atom. The molecule has 0 aliphatic carbocycles. The third kappa shape index (κ3) is 4.34. The van der Waals surface area contributed by atoms with Gasteiger partial charge < -0.3 is 15.7 Å². The average molecular weight is 242 g/mol. The largest absolute Gasteiger partial charge is 0.481 e. The Kier molecular flexibility index (Phi) is 5.41. The lowest BCUT2D eigenvalue weighted by atomic mass is 9.97. The molecule has 1 saturated heterocycles. The zero-order chi connectivity index (χ0) is 12.8. The number of nitrogens with two attached hydrogens (primary N) is 1. The predicted molar refractivity (Wildman–Crippen MR) is 64.4 cm³/mol. The van der Waals surface area contributed by atoms with E-state index in [4.69, 9.17) is 10.8 Å². The van der Waals surface area contributed by atoms with Gasteiger partial charge in [-0.2, -0.15) is 0 Å². The molecule has 1 aliphatic rings. The van der Waals surface area contributed by atoms with E-state index in [2.05, 4.69) is 0 Å². The van der Waals surface area contributed by atoms with Gasteiger partial charge in [-0.25, -0.2) is 0 Å². The molecule has 0 spiro atoms. The second kappa shape index (κ2) is 6.59. The number of carbonyl (C=O) groups is 2. The standard InChI is InChI=1S/C12H22N2O3/c1-9(7-13)4-5-11(15)14-6-2-3-10(8-14)12(16)17/h9-10H,2-8,13H2,1H3,(H,16,17). The summed E-state index contributed by atoms with van der Waals surface area (Å²) in [5, 5.41) is 8.94. The van der Waals surface area contributed by atoms with Crippen LogP contribution in [0.5, 0.6) is 0 Å². The summed E-state index contributed by atoms with van der Waals surface area (Å²) in [6, 6.07) is 0. The van der Waals surface area contributed by atoms with Crippen LogP contribution in [0.4, 0.5) is 0 Å². The minimum Gasteiger partial charge on any atom is -0.481 e. The normalized spacial score (nSPS) is 22.2. The highest BCUT2D eigenvalue weighted by Crippen LogP contribution is 2.18. The number of nitrogens with zero attached hydrogens (tertiary/aromatic N) is 1. The number of hydrogen-bond acceptors (Lipinski definition) is 3. The molecule has 98 valence electrons. The average Bonchev–Trinajstić information content (AvgIpc) is 2.35. The van der Waals surface area contributed by atoms with Crippen LogP contribution in [0.25, 0.3) is 0 Å². The van der Waals surface area contributed by atoms with E-state index in [-0.39, 0.29) is 11.8 Å². The molecule has 1 amide bonds. The second-order valence-electron chi connectivity index (χ2n) is 4.90. The maximum Gasteiger partial charge on any atom is 0.308 e. The summed E-state index contributed by atoms with van der Waals surface area (Å²) in [6.07, 6.45) is 2.72. The minimum atomic E-state index is -0.794. The maximum absolute atomic E-state index is 11.9. The Morgan fingerprint density at radius 2 is 2.24 bits per heavy atom. The van der Waals surface area contributed by atoms with Crippen LogP contribution in [-0.4, -0.2) is 41.5 Å². The number of aliphatic carboxylic acids is 1. The number of piperidine rings is 1. The van der Waals surface area contributed by atoms with Crippen LogP contribution >= 0.6 is 0 Å². The SMILES string of the molecule is CC(CN)CCC(=O)N1CCCC(C(=O)O)C1. The van der Waals surface area contributed by atoms with Gasteiger partial charge in [0.25, 0.3) is 0 Å². The van der Waals surface area contributed by atoms with Crippen LogP contribution in [-0.2, 0) is 9.59 Å². The highest BCUT2D eigenvalue weighted by molar-refractivity contribution is 5.78. The molecule has 2 unspecified atom stereocenters. The van der Waals surface area contributed by atoms with Crippen molar-refractivity contribution in [3.8, 4) is 0 Å². The van der Waals surface area contributed by atoms with Gasteiger partial charge in [0.05, 0.1) is 5.92 Å². The van der Waals surface area contributed by atoms with Crippen molar-refractivity contribution in [1.82, 2.24) is 4.90 Å². The number of rotatable bonds is 5. The molecule has 0 bridgehead atoms. The van der Waals surface area contributed by atoms with Gasteiger partial charge in [0.15, 0.2) is 0 Å². The molecule has 5 nitrogen and oxygen atoms in total. The molecule has 1 heterocycles. The fourth-order valence-corrected chi connectivity index (χ4v) is 2.05. The topological polar surface area (TPSA) is 83.6 Å². The molecule has 1 fully saturated rings. The molecular formula is C12H22N2O3. The molecule has 3 N–H and O–H groups in total. The van der Waals surface area contributed by atoms with Crippen molar-refractivity contribution in [2.45, 2.75) is 32.6 Å². The summed E-state index contributed by atoms with van der Waals surface area (Å²) in [6.45, 7) is 3.67. The zero-order valence-electron chi connectivity index (χ0n) is 10.4. The van der Waals surface area contributed by atoms with Gasteiger partial charge in [-0.1, -0.05) is 6.92 Å². The molecule has 0 aromatic heterocycles. The van der Waals surface area contributed by atoms with E-state index in [9.17, 15) is 9.59 Å². The Labute approximate surface area is 102 Å². The highest BCUT2D eigenvalue weighted by atomic mass is 16.4. The quantitative estimate of drug-likeness (QED) is 0.742. The molecule has 2 atom stereocenters. The molecule has 0 radical (unpaired) electrons. The van der Waals surface area contributed by atoms with Crippen molar-refractivity contribution in [3.63, 3.8) is 0 Å². The highest BCUT2D eigenvalue weighted by Gasteiger charge is 2.27. The Morgan fingerprint density at radius 3 is 2.82 bits per heavy atom. The maximum atomic E-state index is 11.9. The first-order valence-corrected chi connectivity index (χ1v) is 6.25. The van der Waals surface area contributed by atoms with Gasteiger partial charge in [0.2, 0.25) is 5.91 Å². The summed E-state index contributed by atoms with van der Waals surface area (Å²) in [7, 11) is 0. The van der Waals surface area contributed by atoms with E-state index in [0.717, 1.165) is 12.8 Å². The number of likely N-dealkylation sites (tertiary alicyclic amines) is 1. The molecule has 0 saturated carbocycles. The minimum absolute atomic E-state index is 0.0660.